The molecule has 0 spiro atoms. The molecule has 0 amide bonds. The first-order chi connectivity index (χ1) is 8.40. The maximum atomic E-state index is 8.99. The van der Waals surface area contributed by atoms with Crippen molar-refractivity contribution in [3.63, 3.8) is 0 Å². The minimum atomic E-state index is 0.550. The molecule has 0 aliphatic heterocycles. The zero-order valence-electron chi connectivity index (χ0n) is 9.32. The summed E-state index contributed by atoms with van der Waals surface area (Å²) in [5.74, 6) is 0. The maximum Gasteiger partial charge on any atom is 0.109 e. The summed E-state index contributed by atoms with van der Waals surface area (Å²) in [4.78, 5) is 0. The zero-order valence-corrected chi connectivity index (χ0v) is 9.32. The fourth-order valence-electron chi connectivity index (χ4n) is 1.54. The molecule has 2 rings (SSSR count). The Morgan fingerprint density at radius 2 is 1.47 bits per heavy atom. The number of oxime groups is 1. The molecule has 0 saturated heterocycles. The van der Waals surface area contributed by atoms with Crippen molar-refractivity contribution in [3.05, 3.63) is 77.9 Å². The predicted molar refractivity (Wildman–Crippen MR) is 70.2 cm³/mol. The van der Waals surface area contributed by atoms with Gasteiger partial charge in [-0.3, -0.25) is 0 Å². The Labute approximate surface area is 101 Å². The highest BCUT2D eigenvalue weighted by Crippen LogP contribution is 2.06. The first-order valence-corrected chi connectivity index (χ1v) is 5.41. The second-order valence-corrected chi connectivity index (χ2v) is 3.60. The first-order valence-electron chi connectivity index (χ1n) is 5.41. The Morgan fingerprint density at radius 1 is 0.882 bits per heavy atom. The first kappa shape index (κ1) is 11.1. The molecule has 0 aliphatic rings. The van der Waals surface area contributed by atoms with E-state index in [2.05, 4.69) is 5.16 Å². The lowest BCUT2D eigenvalue weighted by atomic mass is 10.1. The van der Waals surface area contributed by atoms with Crippen LogP contribution in [-0.2, 0) is 0 Å². The normalized spacial score (nSPS) is 11.9. The summed E-state index contributed by atoms with van der Waals surface area (Å²) < 4.78 is 0. The van der Waals surface area contributed by atoms with Crippen molar-refractivity contribution in [3.8, 4) is 0 Å². The average molecular weight is 223 g/mol. The van der Waals surface area contributed by atoms with Crippen molar-refractivity contribution in [2.75, 3.05) is 0 Å². The van der Waals surface area contributed by atoms with Crippen molar-refractivity contribution in [1.29, 1.82) is 0 Å². The lowest BCUT2D eigenvalue weighted by molar-refractivity contribution is 0.320. The van der Waals surface area contributed by atoms with Crippen LogP contribution in [0.2, 0.25) is 0 Å². The summed E-state index contributed by atoms with van der Waals surface area (Å²) in [5.41, 5.74) is 2.52. The van der Waals surface area contributed by atoms with Crippen LogP contribution < -0.4 is 0 Å². The summed E-state index contributed by atoms with van der Waals surface area (Å²) in [5, 5.41) is 12.3. The Morgan fingerprint density at radius 3 is 2.06 bits per heavy atom. The van der Waals surface area contributed by atoms with Crippen LogP contribution in [0.4, 0.5) is 0 Å². The van der Waals surface area contributed by atoms with Crippen molar-refractivity contribution in [1.82, 2.24) is 0 Å². The zero-order chi connectivity index (χ0) is 11.9. The molecule has 2 heteroatoms. The van der Waals surface area contributed by atoms with E-state index >= 15 is 0 Å². The molecule has 0 unspecified atom stereocenters. The maximum absolute atomic E-state index is 8.99. The van der Waals surface area contributed by atoms with E-state index in [1.165, 1.54) is 0 Å². The van der Waals surface area contributed by atoms with E-state index in [9.17, 15) is 0 Å². The lowest BCUT2D eigenvalue weighted by Gasteiger charge is -1.98. The molecule has 0 aromatic heterocycles. The molecule has 0 aliphatic carbocycles. The van der Waals surface area contributed by atoms with E-state index in [1.54, 1.807) is 6.08 Å². The quantitative estimate of drug-likeness (QED) is 0.481. The van der Waals surface area contributed by atoms with E-state index in [4.69, 9.17) is 5.21 Å². The molecular weight excluding hydrogens is 210 g/mol. The summed E-state index contributed by atoms with van der Waals surface area (Å²) in [6.07, 6.45) is 3.72. The molecule has 0 saturated carbocycles. The van der Waals surface area contributed by atoms with Gasteiger partial charge in [0.15, 0.2) is 0 Å². The second-order valence-electron chi connectivity index (χ2n) is 3.60. The number of allylic oxidation sites excluding steroid dienone is 1. The molecule has 84 valence electrons. The average Bonchev–Trinajstić information content (AvgIpc) is 2.42. The van der Waals surface area contributed by atoms with Gasteiger partial charge >= 0.3 is 0 Å². The molecular formula is C15H13NO. The third-order valence-electron chi connectivity index (χ3n) is 2.41. The smallest absolute Gasteiger partial charge is 0.109 e. The van der Waals surface area contributed by atoms with Crippen LogP contribution in [0, 0.1) is 0 Å². The standard InChI is InChI=1S/C15H13NO/c17-16-15(14-9-5-2-6-10-14)12-11-13-7-3-1-4-8-13/h1-12,17H/b12-11+,16-15+. The Balaban J connectivity index is 2.20. The largest absolute Gasteiger partial charge is 0.410 e. The van der Waals surface area contributed by atoms with Crippen LogP contribution in [0.5, 0.6) is 0 Å². The summed E-state index contributed by atoms with van der Waals surface area (Å²) in [6, 6.07) is 19.5. The van der Waals surface area contributed by atoms with Gasteiger partial charge in [0, 0.05) is 5.56 Å². The van der Waals surface area contributed by atoms with Gasteiger partial charge in [0.25, 0.3) is 0 Å². The Kier molecular flexibility index (Phi) is 3.71. The van der Waals surface area contributed by atoms with Gasteiger partial charge in [-0.25, -0.2) is 0 Å². The number of hydrogen-bond donors (Lipinski definition) is 1. The minimum absolute atomic E-state index is 0.550. The van der Waals surface area contributed by atoms with Crippen LogP contribution in [-0.4, -0.2) is 10.9 Å². The number of benzene rings is 2. The summed E-state index contributed by atoms with van der Waals surface area (Å²) in [6.45, 7) is 0. The molecule has 17 heavy (non-hydrogen) atoms. The van der Waals surface area contributed by atoms with Crippen molar-refractivity contribution >= 4 is 11.8 Å². The summed E-state index contributed by atoms with van der Waals surface area (Å²) >= 11 is 0. The summed E-state index contributed by atoms with van der Waals surface area (Å²) in [7, 11) is 0. The van der Waals surface area contributed by atoms with E-state index < -0.39 is 0 Å². The van der Waals surface area contributed by atoms with Crippen LogP contribution in [0.1, 0.15) is 11.1 Å². The minimum Gasteiger partial charge on any atom is -0.410 e. The van der Waals surface area contributed by atoms with E-state index in [0.29, 0.717) is 5.71 Å². The van der Waals surface area contributed by atoms with Gasteiger partial charge in [0.2, 0.25) is 0 Å². The van der Waals surface area contributed by atoms with Gasteiger partial charge < -0.3 is 5.21 Å². The van der Waals surface area contributed by atoms with Gasteiger partial charge in [-0.1, -0.05) is 71.9 Å². The Hall–Kier alpha value is -2.35. The Bertz CT molecular complexity index is 515. The highest BCUT2D eigenvalue weighted by atomic mass is 16.4. The van der Waals surface area contributed by atoms with E-state index in [1.807, 2.05) is 66.7 Å². The fraction of sp³-hybridized carbons (Fsp3) is 0. The molecule has 2 aromatic carbocycles. The van der Waals surface area contributed by atoms with Gasteiger partial charge in [0.1, 0.15) is 5.71 Å². The van der Waals surface area contributed by atoms with Crippen molar-refractivity contribution < 1.29 is 5.21 Å². The third kappa shape index (κ3) is 3.05. The molecule has 0 heterocycles. The molecule has 2 aromatic rings. The van der Waals surface area contributed by atoms with Crippen LogP contribution >= 0.6 is 0 Å². The van der Waals surface area contributed by atoms with Crippen LogP contribution in [0.25, 0.3) is 6.08 Å². The van der Waals surface area contributed by atoms with E-state index in [0.717, 1.165) is 11.1 Å². The second kappa shape index (κ2) is 5.66. The lowest BCUT2D eigenvalue weighted by Crippen LogP contribution is -1.95. The monoisotopic (exact) mass is 223 g/mol. The molecule has 1 N–H and O–H groups in total. The number of rotatable bonds is 3. The van der Waals surface area contributed by atoms with Crippen molar-refractivity contribution in [2.45, 2.75) is 0 Å². The van der Waals surface area contributed by atoms with Crippen molar-refractivity contribution in [2.24, 2.45) is 5.16 Å². The fourth-order valence-corrected chi connectivity index (χ4v) is 1.54. The number of nitrogens with zero attached hydrogens (tertiary/aromatic N) is 1. The number of hydrogen-bond acceptors (Lipinski definition) is 2. The topological polar surface area (TPSA) is 32.6 Å². The van der Waals surface area contributed by atoms with Gasteiger partial charge in [-0.2, -0.15) is 0 Å². The molecule has 0 fully saturated rings. The van der Waals surface area contributed by atoms with Crippen LogP contribution in [0.15, 0.2) is 71.9 Å². The highest BCUT2D eigenvalue weighted by molar-refractivity contribution is 6.10. The van der Waals surface area contributed by atoms with Crippen LogP contribution in [0.3, 0.4) is 0 Å². The molecule has 2 nitrogen and oxygen atoms in total. The van der Waals surface area contributed by atoms with Gasteiger partial charge in [-0.15, -0.1) is 0 Å². The van der Waals surface area contributed by atoms with Gasteiger partial charge in [0.05, 0.1) is 0 Å². The molecule has 0 radical (unpaired) electrons. The molecule has 0 bridgehead atoms. The van der Waals surface area contributed by atoms with Gasteiger partial charge in [-0.05, 0) is 11.6 Å². The third-order valence-corrected chi connectivity index (χ3v) is 2.41. The van der Waals surface area contributed by atoms with E-state index in [-0.39, 0.29) is 0 Å². The molecule has 0 atom stereocenters. The predicted octanol–water partition coefficient (Wildman–Crippen LogP) is 3.58. The SMILES string of the molecule is O/N=C(\C=C\c1ccccc1)c1ccccc1. The highest BCUT2D eigenvalue weighted by Gasteiger charge is 1.98.